The van der Waals surface area contributed by atoms with Gasteiger partial charge in [-0.25, -0.2) is 4.98 Å². The molecule has 7 nitrogen and oxygen atoms in total. The number of hydrogen-bond acceptors (Lipinski definition) is 6. The van der Waals surface area contributed by atoms with E-state index in [1.54, 1.807) is 13.2 Å². The molecule has 2 aliphatic rings. The van der Waals surface area contributed by atoms with Gasteiger partial charge in [-0.15, -0.1) is 0 Å². The molecule has 1 saturated heterocycles. The van der Waals surface area contributed by atoms with Crippen molar-refractivity contribution in [3.8, 4) is 11.5 Å². The minimum atomic E-state index is -0.0217. The summed E-state index contributed by atoms with van der Waals surface area (Å²) in [5, 5.41) is 9.76. The molecular weight excluding hydrogens is 356 g/mol. The fourth-order valence-electron chi connectivity index (χ4n) is 4.05. The molecule has 3 heterocycles. The molecule has 2 aromatic rings. The first-order valence-corrected chi connectivity index (χ1v) is 9.98. The fraction of sp³-hybridized carbons (Fsp3) is 0.524. The topological polar surface area (TPSA) is 81.7 Å². The van der Waals surface area contributed by atoms with Gasteiger partial charge in [0.25, 0.3) is 5.56 Å². The Morgan fingerprint density at radius 2 is 2.07 bits per heavy atom. The molecule has 2 N–H and O–H groups in total. The number of ether oxygens (including phenoxy) is 1. The van der Waals surface area contributed by atoms with E-state index in [9.17, 15) is 9.90 Å². The van der Waals surface area contributed by atoms with E-state index in [1.807, 2.05) is 12.1 Å². The van der Waals surface area contributed by atoms with Gasteiger partial charge < -0.3 is 14.7 Å². The number of anilines is 1. The number of phenolic OH excluding ortho intramolecular Hbond substituents is 1. The van der Waals surface area contributed by atoms with Crippen LogP contribution in [-0.4, -0.2) is 46.7 Å². The smallest absolute Gasteiger partial charge is 0.257 e. The molecule has 0 saturated carbocycles. The molecule has 0 unspecified atom stereocenters. The molecule has 150 valence electrons. The quantitative estimate of drug-likeness (QED) is 0.842. The normalized spacial score (nSPS) is 18.1. The Labute approximate surface area is 165 Å². The second-order valence-corrected chi connectivity index (χ2v) is 7.95. The van der Waals surface area contributed by atoms with Crippen LogP contribution in [0, 0.1) is 5.92 Å². The first-order chi connectivity index (χ1) is 13.5. The van der Waals surface area contributed by atoms with Crippen LogP contribution in [-0.2, 0) is 19.5 Å². The van der Waals surface area contributed by atoms with Crippen molar-refractivity contribution in [3.63, 3.8) is 0 Å². The second-order valence-electron chi connectivity index (χ2n) is 7.95. The van der Waals surface area contributed by atoms with E-state index >= 15 is 0 Å². The Balaban J connectivity index is 1.49. The SMILES string of the molecule is COc1cc(CN2CCc3nc(N4CCC(C)CC4)[nH]c(=O)c3C2)ccc1O. The lowest BCUT2D eigenvalue weighted by Crippen LogP contribution is -2.39. The van der Waals surface area contributed by atoms with Gasteiger partial charge in [-0.2, -0.15) is 0 Å². The number of methoxy groups -OCH3 is 1. The molecule has 28 heavy (non-hydrogen) atoms. The zero-order valence-electron chi connectivity index (χ0n) is 16.6. The highest BCUT2D eigenvalue weighted by Gasteiger charge is 2.24. The summed E-state index contributed by atoms with van der Waals surface area (Å²) in [7, 11) is 1.54. The van der Waals surface area contributed by atoms with Gasteiger partial charge in [-0.05, 0) is 36.5 Å². The molecule has 2 aliphatic heterocycles. The van der Waals surface area contributed by atoms with E-state index in [0.29, 0.717) is 18.8 Å². The van der Waals surface area contributed by atoms with Crippen molar-refractivity contribution >= 4 is 5.95 Å². The lowest BCUT2D eigenvalue weighted by atomic mass is 9.99. The van der Waals surface area contributed by atoms with Gasteiger partial charge in [0.2, 0.25) is 5.95 Å². The van der Waals surface area contributed by atoms with Gasteiger partial charge in [0.15, 0.2) is 11.5 Å². The maximum atomic E-state index is 12.7. The number of piperidine rings is 1. The molecule has 0 atom stereocenters. The van der Waals surface area contributed by atoms with Crippen molar-refractivity contribution in [2.24, 2.45) is 5.92 Å². The van der Waals surface area contributed by atoms with Crippen LogP contribution in [0.5, 0.6) is 11.5 Å². The summed E-state index contributed by atoms with van der Waals surface area (Å²) in [6.45, 7) is 6.32. The number of H-pyrrole nitrogens is 1. The number of aromatic nitrogens is 2. The van der Waals surface area contributed by atoms with E-state index in [1.165, 1.54) is 0 Å². The van der Waals surface area contributed by atoms with Crippen molar-refractivity contribution in [2.75, 3.05) is 31.6 Å². The molecule has 0 amide bonds. The lowest BCUT2D eigenvalue weighted by molar-refractivity contribution is 0.241. The average molecular weight is 384 g/mol. The van der Waals surface area contributed by atoms with E-state index in [0.717, 1.165) is 67.6 Å². The van der Waals surface area contributed by atoms with Crippen LogP contribution in [0.1, 0.15) is 36.6 Å². The van der Waals surface area contributed by atoms with Crippen LogP contribution in [0.25, 0.3) is 0 Å². The van der Waals surface area contributed by atoms with Crippen LogP contribution in [0.15, 0.2) is 23.0 Å². The van der Waals surface area contributed by atoms with Crippen LogP contribution in [0.3, 0.4) is 0 Å². The Morgan fingerprint density at radius 3 is 2.82 bits per heavy atom. The Morgan fingerprint density at radius 1 is 1.29 bits per heavy atom. The van der Waals surface area contributed by atoms with Gasteiger partial charge in [-0.1, -0.05) is 13.0 Å². The maximum Gasteiger partial charge on any atom is 0.257 e. The summed E-state index contributed by atoms with van der Waals surface area (Å²) in [5.41, 5.74) is 2.72. The number of aromatic amines is 1. The monoisotopic (exact) mass is 384 g/mol. The van der Waals surface area contributed by atoms with Crippen molar-refractivity contribution in [2.45, 2.75) is 39.3 Å². The third-order valence-electron chi connectivity index (χ3n) is 5.87. The fourth-order valence-corrected chi connectivity index (χ4v) is 4.05. The van der Waals surface area contributed by atoms with E-state index in [4.69, 9.17) is 9.72 Å². The summed E-state index contributed by atoms with van der Waals surface area (Å²) in [6, 6.07) is 5.37. The summed E-state index contributed by atoms with van der Waals surface area (Å²) in [4.78, 5) is 25.0. The lowest BCUT2D eigenvalue weighted by Gasteiger charge is -2.32. The Bertz CT molecular complexity index is 903. The zero-order chi connectivity index (χ0) is 19.7. The average Bonchev–Trinajstić information content (AvgIpc) is 2.70. The minimum Gasteiger partial charge on any atom is -0.504 e. The molecule has 1 aromatic heterocycles. The van der Waals surface area contributed by atoms with Crippen LogP contribution in [0.4, 0.5) is 5.95 Å². The summed E-state index contributed by atoms with van der Waals surface area (Å²) >= 11 is 0. The molecule has 1 aromatic carbocycles. The van der Waals surface area contributed by atoms with Crippen LogP contribution in [0.2, 0.25) is 0 Å². The first kappa shape index (κ1) is 18.8. The number of rotatable bonds is 4. The summed E-state index contributed by atoms with van der Waals surface area (Å²) in [5.74, 6) is 2.07. The van der Waals surface area contributed by atoms with Crippen molar-refractivity contribution in [1.82, 2.24) is 14.9 Å². The van der Waals surface area contributed by atoms with Gasteiger partial charge in [-0.3, -0.25) is 14.7 Å². The van der Waals surface area contributed by atoms with E-state index in [2.05, 4.69) is 21.7 Å². The molecule has 0 bridgehead atoms. The molecule has 7 heteroatoms. The summed E-state index contributed by atoms with van der Waals surface area (Å²) in [6.07, 6.45) is 3.06. The van der Waals surface area contributed by atoms with E-state index < -0.39 is 0 Å². The third kappa shape index (κ3) is 3.85. The zero-order valence-corrected chi connectivity index (χ0v) is 16.6. The number of hydrogen-bond donors (Lipinski definition) is 2. The molecule has 0 aliphatic carbocycles. The highest BCUT2D eigenvalue weighted by molar-refractivity contribution is 5.42. The largest absolute Gasteiger partial charge is 0.504 e. The predicted octanol–water partition coefficient (Wildman–Crippen LogP) is 2.28. The van der Waals surface area contributed by atoms with Crippen LogP contribution >= 0.6 is 0 Å². The molecular formula is C21H28N4O3. The number of fused-ring (bicyclic) bond motifs is 1. The van der Waals surface area contributed by atoms with Gasteiger partial charge in [0.1, 0.15) is 0 Å². The number of nitrogens with one attached hydrogen (secondary N) is 1. The highest BCUT2D eigenvalue weighted by atomic mass is 16.5. The standard InChI is InChI=1S/C21H28N4O3/c1-14-5-9-25(10-6-14)21-22-17-7-8-24(13-16(17)20(27)23-21)12-15-3-4-18(26)19(11-15)28-2/h3-4,11,14,26H,5-10,12-13H2,1-2H3,(H,22,23,27). The van der Waals surface area contributed by atoms with Crippen molar-refractivity contribution in [3.05, 3.63) is 45.4 Å². The van der Waals surface area contributed by atoms with Crippen molar-refractivity contribution in [1.29, 1.82) is 0 Å². The Hall–Kier alpha value is -2.54. The van der Waals surface area contributed by atoms with Gasteiger partial charge in [0, 0.05) is 39.1 Å². The summed E-state index contributed by atoms with van der Waals surface area (Å²) < 4.78 is 5.19. The Kier molecular flexibility index (Phi) is 5.26. The van der Waals surface area contributed by atoms with Gasteiger partial charge >= 0.3 is 0 Å². The molecule has 0 spiro atoms. The highest BCUT2D eigenvalue weighted by Crippen LogP contribution is 2.28. The molecule has 4 rings (SSSR count). The number of aromatic hydroxyl groups is 1. The minimum absolute atomic E-state index is 0.0217. The number of nitrogens with zero attached hydrogens (tertiary/aromatic N) is 3. The van der Waals surface area contributed by atoms with Gasteiger partial charge in [0.05, 0.1) is 18.4 Å². The first-order valence-electron chi connectivity index (χ1n) is 9.98. The van der Waals surface area contributed by atoms with Crippen LogP contribution < -0.4 is 15.2 Å². The molecule has 0 radical (unpaired) electrons. The predicted molar refractivity (Wildman–Crippen MR) is 108 cm³/mol. The number of phenols is 1. The third-order valence-corrected chi connectivity index (χ3v) is 5.87. The van der Waals surface area contributed by atoms with E-state index in [-0.39, 0.29) is 11.3 Å². The maximum absolute atomic E-state index is 12.7. The second kappa shape index (κ2) is 7.83. The number of benzene rings is 1. The molecule has 1 fully saturated rings. The van der Waals surface area contributed by atoms with Crippen molar-refractivity contribution < 1.29 is 9.84 Å².